The maximum Gasteiger partial charge on any atom is 0.279 e. The van der Waals surface area contributed by atoms with Crippen molar-refractivity contribution < 1.29 is 12.9 Å². The Hall–Kier alpha value is -1.86. The molecule has 0 unspecified atom stereocenters. The fourth-order valence-corrected chi connectivity index (χ4v) is 4.12. The molecule has 0 radical (unpaired) electrons. The third kappa shape index (κ3) is 2.62. The molecule has 0 N–H and O–H groups in total. The van der Waals surface area contributed by atoms with Crippen LogP contribution in [0.5, 0.6) is 0 Å². The number of nitrogens with zero attached hydrogens (tertiary/aromatic N) is 3. The molecule has 0 spiro atoms. The topological polar surface area (TPSA) is 66.7 Å². The lowest BCUT2D eigenvalue weighted by Crippen LogP contribution is -2.48. The van der Waals surface area contributed by atoms with E-state index in [9.17, 15) is 8.42 Å². The molecule has 1 aromatic heterocycles. The first-order valence-electron chi connectivity index (χ1n) is 7.23. The highest BCUT2D eigenvalue weighted by Crippen LogP contribution is 2.24. The summed E-state index contributed by atoms with van der Waals surface area (Å²) >= 11 is 0. The number of para-hydroxylation sites is 1. The standard InChI is InChI=1S/C15H19N3O3S/c1-12-13(2)16-21-15(12)22(19,20)18-10-8-17(9-11-18)14-6-4-3-5-7-14/h3-7H,8-11H2,1-2H3. The van der Waals surface area contributed by atoms with E-state index >= 15 is 0 Å². The van der Waals surface area contributed by atoms with Gasteiger partial charge in [-0.3, -0.25) is 0 Å². The molecule has 0 saturated carbocycles. The Morgan fingerprint density at radius 2 is 1.68 bits per heavy atom. The Kier molecular flexibility index (Phi) is 3.92. The van der Waals surface area contributed by atoms with Crippen molar-refractivity contribution in [3.63, 3.8) is 0 Å². The van der Waals surface area contributed by atoms with E-state index < -0.39 is 10.0 Å². The molecule has 1 saturated heterocycles. The Labute approximate surface area is 130 Å². The summed E-state index contributed by atoms with van der Waals surface area (Å²) in [5.41, 5.74) is 2.32. The second-order valence-corrected chi connectivity index (χ2v) is 7.24. The van der Waals surface area contributed by atoms with Gasteiger partial charge >= 0.3 is 0 Å². The van der Waals surface area contributed by atoms with Crippen LogP contribution < -0.4 is 4.90 Å². The maximum absolute atomic E-state index is 12.6. The Morgan fingerprint density at radius 1 is 1.05 bits per heavy atom. The first kappa shape index (κ1) is 15.1. The second kappa shape index (κ2) is 5.73. The number of benzene rings is 1. The summed E-state index contributed by atoms with van der Waals surface area (Å²) in [5.74, 6) is 0. The number of sulfonamides is 1. The summed E-state index contributed by atoms with van der Waals surface area (Å²) in [5, 5.41) is 3.72. The summed E-state index contributed by atoms with van der Waals surface area (Å²) in [4.78, 5) is 2.19. The zero-order valence-corrected chi connectivity index (χ0v) is 13.5. The van der Waals surface area contributed by atoms with Crippen molar-refractivity contribution in [3.05, 3.63) is 41.6 Å². The van der Waals surface area contributed by atoms with E-state index in [1.165, 1.54) is 4.31 Å². The molecule has 118 valence electrons. The number of anilines is 1. The Balaban J connectivity index is 1.75. The summed E-state index contributed by atoms with van der Waals surface area (Å²) in [6.07, 6.45) is 0. The molecule has 0 bridgehead atoms. The van der Waals surface area contributed by atoms with Gasteiger partial charge in [-0.2, -0.15) is 4.31 Å². The Bertz CT molecular complexity index is 748. The van der Waals surface area contributed by atoms with Gasteiger partial charge in [0.1, 0.15) is 0 Å². The quantitative estimate of drug-likeness (QED) is 0.862. The van der Waals surface area contributed by atoms with Crippen LogP contribution in [0.15, 0.2) is 39.9 Å². The lowest BCUT2D eigenvalue weighted by atomic mass is 10.2. The van der Waals surface area contributed by atoms with E-state index in [2.05, 4.69) is 10.1 Å². The van der Waals surface area contributed by atoms with Crippen molar-refractivity contribution in [1.29, 1.82) is 0 Å². The van der Waals surface area contributed by atoms with Crippen LogP contribution in [-0.2, 0) is 10.0 Å². The minimum Gasteiger partial charge on any atom is -0.369 e. The van der Waals surface area contributed by atoms with Crippen LogP contribution in [0.4, 0.5) is 5.69 Å². The van der Waals surface area contributed by atoms with Gasteiger partial charge in [0.05, 0.1) is 5.69 Å². The number of aromatic nitrogens is 1. The molecule has 0 atom stereocenters. The average molecular weight is 321 g/mol. The monoisotopic (exact) mass is 321 g/mol. The maximum atomic E-state index is 12.6. The van der Waals surface area contributed by atoms with Crippen molar-refractivity contribution in [1.82, 2.24) is 9.46 Å². The number of hydrogen-bond donors (Lipinski definition) is 0. The SMILES string of the molecule is Cc1noc(S(=O)(=O)N2CCN(c3ccccc3)CC2)c1C. The fourth-order valence-electron chi connectivity index (χ4n) is 2.58. The zero-order chi connectivity index (χ0) is 15.7. The largest absolute Gasteiger partial charge is 0.369 e. The molecule has 1 fully saturated rings. The molecule has 0 aliphatic carbocycles. The molecule has 6 nitrogen and oxygen atoms in total. The minimum absolute atomic E-state index is 0.0295. The van der Waals surface area contributed by atoms with Gasteiger partial charge in [-0.15, -0.1) is 0 Å². The molecule has 2 aromatic rings. The zero-order valence-electron chi connectivity index (χ0n) is 12.7. The van der Waals surface area contributed by atoms with E-state index in [0.717, 1.165) is 5.69 Å². The summed E-state index contributed by atoms with van der Waals surface area (Å²) < 4.78 is 31.8. The van der Waals surface area contributed by atoms with Crippen molar-refractivity contribution in [2.45, 2.75) is 18.9 Å². The van der Waals surface area contributed by atoms with Crippen LogP contribution in [0, 0.1) is 13.8 Å². The highest BCUT2D eigenvalue weighted by atomic mass is 32.2. The third-order valence-corrected chi connectivity index (χ3v) is 5.94. The van der Waals surface area contributed by atoms with E-state index in [1.807, 2.05) is 30.3 Å². The van der Waals surface area contributed by atoms with E-state index in [4.69, 9.17) is 4.52 Å². The van der Waals surface area contributed by atoms with Crippen LogP contribution in [0.1, 0.15) is 11.3 Å². The fraction of sp³-hybridized carbons (Fsp3) is 0.400. The highest BCUT2D eigenvalue weighted by molar-refractivity contribution is 7.89. The van der Waals surface area contributed by atoms with Gasteiger partial charge in [0.15, 0.2) is 0 Å². The molecule has 3 rings (SSSR count). The van der Waals surface area contributed by atoms with Crippen LogP contribution in [0.3, 0.4) is 0 Å². The first-order chi connectivity index (χ1) is 10.5. The average Bonchev–Trinajstić information content (AvgIpc) is 2.88. The van der Waals surface area contributed by atoms with Crippen molar-refractivity contribution in [2.24, 2.45) is 0 Å². The first-order valence-corrected chi connectivity index (χ1v) is 8.67. The van der Waals surface area contributed by atoms with Gasteiger partial charge in [-0.25, -0.2) is 8.42 Å². The molecule has 1 aliphatic heterocycles. The summed E-state index contributed by atoms with van der Waals surface area (Å²) in [7, 11) is -3.60. The summed E-state index contributed by atoms with van der Waals surface area (Å²) in [6.45, 7) is 5.67. The number of aryl methyl sites for hydroxylation is 1. The van der Waals surface area contributed by atoms with Crippen LogP contribution in [0.25, 0.3) is 0 Å². The predicted octanol–water partition coefficient (Wildman–Crippen LogP) is 1.80. The van der Waals surface area contributed by atoms with E-state index in [1.54, 1.807) is 13.8 Å². The molecule has 22 heavy (non-hydrogen) atoms. The predicted molar refractivity (Wildman–Crippen MR) is 83.4 cm³/mol. The molecule has 1 aliphatic rings. The molecule has 0 amide bonds. The summed E-state index contributed by atoms with van der Waals surface area (Å²) in [6, 6.07) is 10.0. The highest BCUT2D eigenvalue weighted by Gasteiger charge is 2.33. The van der Waals surface area contributed by atoms with E-state index in [0.29, 0.717) is 37.4 Å². The van der Waals surface area contributed by atoms with Gasteiger partial charge in [0.25, 0.3) is 15.1 Å². The third-order valence-electron chi connectivity index (χ3n) is 4.05. The minimum atomic E-state index is -3.60. The van der Waals surface area contributed by atoms with Gasteiger partial charge in [-0.05, 0) is 26.0 Å². The van der Waals surface area contributed by atoms with Gasteiger partial charge in [0, 0.05) is 37.4 Å². The van der Waals surface area contributed by atoms with Crippen LogP contribution in [-0.4, -0.2) is 44.1 Å². The molecule has 2 heterocycles. The normalized spacial score (nSPS) is 16.9. The van der Waals surface area contributed by atoms with Crippen molar-refractivity contribution in [2.75, 3.05) is 31.1 Å². The number of hydrogen-bond acceptors (Lipinski definition) is 5. The number of rotatable bonds is 3. The van der Waals surface area contributed by atoms with Gasteiger partial charge in [-0.1, -0.05) is 23.4 Å². The second-order valence-electron chi connectivity index (χ2n) is 5.41. The Morgan fingerprint density at radius 3 is 2.23 bits per heavy atom. The van der Waals surface area contributed by atoms with Crippen molar-refractivity contribution in [3.8, 4) is 0 Å². The lowest BCUT2D eigenvalue weighted by molar-refractivity contribution is 0.312. The van der Waals surface area contributed by atoms with Gasteiger partial charge < -0.3 is 9.42 Å². The van der Waals surface area contributed by atoms with Crippen molar-refractivity contribution >= 4 is 15.7 Å². The molecule has 7 heteroatoms. The molecule has 1 aromatic carbocycles. The lowest BCUT2D eigenvalue weighted by Gasteiger charge is -2.34. The van der Waals surface area contributed by atoms with Crippen LogP contribution in [0.2, 0.25) is 0 Å². The molecular formula is C15H19N3O3S. The van der Waals surface area contributed by atoms with E-state index in [-0.39, 0.29) is 5.09 Å². The number of piperazine rings is 1. The molecular weight excluding hydrogens is 302 g/mol. The van der Waals surface area contributed by atoms with Gasteiger partial charge in [0.2, 0.25) is 0 Å². The smallest absolute Gasteiger partial charge is 0.279 e. The van der Waals surface area contributed by atoms with Crippen LogP contribution >= 0.6 is 0 Å².